The van der Waals surface area contributed by atoms with Crippen molar-refractivity contribution in [2.24, 2.45) is 0 Å². The Labute approximate surface area is 305 Å². The van der Waals surface area contributed by atoms with E-state index < -0.39 is 0 Å². The molecule has 6 aromatic carbocycles. The van der Waals surface area contributed by atoms with E-state index in [2.05, 4.69) is 173 Å². The maximum absolute atomic E-state index is 5.09. The highest BCUT2D eigenvalue weighted by molar-refractivity contribution is 7.25. The maximum Gasteiger partial charge on any atom is 0.125 e. The number of rotatable bonds is 6. The van der Waals surface area contributed by atoms with Crippen molar-refractivity contribution in [2.75, 3.05) is 4.90 Å². The van der Waals surface area contributed by atoms with E-state index in [0.29, 0.717) is 0 Å². The average molecular weight is 683 g/mol. The smallest absolute Gasteiger partial charge is 0.125 e. The number of aromatic nitrogens is 3. The zero-order valence-corrected chi connectivity index (χ0v) is 28.8. The average Bonchev–Trinajstić information content (AvgIpc) is 3.59. The van der Waals surface area contributed by atoms with E-state index in [4.69, 9.17) is 4.98 Å². The van der Waals surface area contributed by atoms with E-state index >= 15 is 0 Å². The molecule has 0 saturated heterocycles. The van der Waals surface area contributed by atoms with Crippen LogP contribution in [0, 0.1) is 0 Å². The topological polar surface area (TPSA) is 41.9 Å². The molecule has 0 aliphatic heterocycles. The summed E-state index contributed by atoms with van der Waals surface area (Å²) in [7, 11) is 0. The van der Waals surface area contributed by atoms with Crippen LogP contribution in [0.25, 0.3) is 75.4 Å². The molecule has 0 fully saturated rings. The number of thiophene rings is 1. The summed E-state index contributed by atoms with van der Waals surface area (Å²) in [5.41, 5.74) is 10.00. The molecule has 4 nitrogen and oxygen atoms in total. The fourth-order valence-corrected chi connectivity index (χ4v) is 8.20. The predicted octanol–water partition coefficient (Wildman–Crippen LogP) is 13.0. The predicted molar refractivity (Wildman–Crippen MR) is 219 cm³/mol. The number of hydrogen-bond acceptors (Lipinski definition) is 5. The molecule has 10 rings (SSSR count). The van der Waals surface area contributed by atoms with Gasteiger partial charge in [0.25, 0.3) is 0 Å². The van der Waals surface area contributed by atoms with Gasteiger partial charge in [-0.2, -0.15) is 0 Å². The van der Waals surface area contributed by atoms with Crippen LogP contribution >= 0.6 is 11.3 Å². The number of pyridine rings is 3. The Balaban J connectivity index is 1.02. The number of fused-ring (bicyclic) bond motifs is 5. The van der Waals surface area contributed by atoms with Gasteiger partial charge in [0, 0.05) is 73.7 Å². The van der Waals surface area contributed by atoms with Gasteiger partial charge < -0.3 is 4.90 Å². The number of nitrogens with zero attached hydrogens (tertiary/aromatic N) is 4. The summed E-state index contributed by atoms with van der Waals surface area (Å²) < 4.78 is 1.26. The normalized spacial score (nSPS) is 11.5. The van der Waals surface area contributed by atoms with Gasteiger partial charge >= 0.3 is 0 Å². The van der Waals surface area contributed by atoms with Crippen molar-refractivity contribution in [1.29, 1.82) is 0 Å². The molecular weight excluding hydrogens is 653 g/mol. The second-order valence-electron chi connectivity index (χ2n) is 13.0. The van der Waals surface area contributed by atoms with Crippen molar-refractivity contribution in [3.63, 3.8) is 0 Å². The highest BCUT2D eigenvalue weighted by Crippen LogP contribution is 2.39. The van der Waals surface area contributed by atoms with Crippen molar-refractivity contribution < 1.29 is 0 Å². The Bertz CT molecular complexity index is 2770. The molecule has 0 N–H and O–H groups in total. The Morgan fingerprint density at radius 3 is 1.50 bits per heavy atom. The van der Waals surface area contributed by atoms with Gasteiger partial charge in [-0.1, -0.05) is 78.9 Å². The van der Waals surface area contributed by atoms with Crippen LogP contribution in [0.1, 0.15) is 0 Å². The van der Waals surface area contributed by atoms with E-state index in [1.54, 1.807) is 11.3 Å². The van der Waals surface area contributed by atoms with E-state index in [1.807, 2.05) is 24.8 Å². The molecule has 0 amide bonds. The Hall–Kier alpha value is -6.69. The first-order chi connectivity index (χ1) is 25.7. The number of benzene rings is 6. The Morgan fingerprint density at radius 1 is 0.404 bits per heavy atom. The van der Waals surface area contributed by atoms with Crippen molar-refractivity contribution in [3.8, 4) is 33.5 Å². The van der Waals surface area contributed by atoms with Gasteiger partial charge in [-0.05, 0) is 112 Å². The van der Waals surface area contributed by atoms with Gasteiger partial charge in [0.05, 0.1) is 5.69 Å². The minimum absolute atomic E-state index is 0.975. The van der Waals surface area contributed by atoms with Crippen LogP contribution in [-0.4, -0.2) is 15.0 Å². The van der Waals surface area contributed by atoms with Crippen LogP contribution in [0.4, 0.5) is 17.1 Å². The minimum Gasteiger partial charge on any atom is -0.311 e. The highest BCUT2D eigenvalue weighted by Gasteiger charge is 2.15. The zero-order valence-electron chi connectivity index (χ0n) is 28.0. The van der Waals surface area contributed by atoms with Crippen LogP contribution in [-0.2, 0) is 0 Å². The van der Waals surface area contributed by atoms with Gasteiger partial charge in [-0.3, -0.25) is 9.97 Å². The van der Waals surface area contributed by atoms with Crippen molar-refractivity contribution >= 4 is 70.2 Å². The van der Waals surface area contributed by atoms with E-state index in [0.717, 1.165) is 43.9 Å². The molecule has 0 bridgehead atoms. The molecule has 5 heteroatoms. The van der Waals surface area contributed by atoms with E-state index in [-0.39, 0.29) is 0 Å². The van der Waals surface area contributed by atoms with Crippen LogP contribution in [0.3, 0.4) is 0 Å². The number of anilines is 3. The SMILES string of the molecule is c1ccc2c(c1)sc1nc(-c3ccc(N(c4ccc(-c5ccc6cnccc6c5)cc4)c4ccc(-c5ccc6cnccc6c5)cc4)cc3)ccc12. The van der Waals surface area contributed by atoms with Crippen molar-refractivity contribution in [1.82, 2.24) is 15.0 Å². The van der Waals surface area contributed by atoms with Gasteiger partial charge in [-0.25, -0.2) is 4.98 Å². The molecule has 0 unspecified atom stereocenters. The zero-order chi connectivity index (χ0) is 34.4. The first-order valence-corrected chi connectivity index (χ1v) is 18.1. The first-order valence-electron chi connectivity index (χ1n) is 17.3. The maximum atomic E-state index is 5.09. The van der Waals surface area contributed by atoms with Gasteiger partial charge in [0.2, 0.25) is 0 Å². The molecule has 0 atom stereocenters. The lowest BCUT2D eigenvalue weighted by Gasteiger charge is -2.26. The molecule has 0 saturated carbocycles. The Kier molecular flexibility index (Phi) is 7.29. The van der Waals surface area contributed by atoms with Gasteiger partial charge in [-0.15, -0.1) is 11.3 Å². The third-order valence-corrected chi connectivity index (χ3v) is 10.9. The second kappa shape index (κ2) is 12.6. The van der Waals surface area contributed by atoms with Crippen LogP contribution in [0.5, 0.6) is 0 Å². The lowest BCUT2D eigenvalue weighted by atomic mass is 10.0. The molecule has 244 valence electrons. The molecule has 10 aromatic rings. The molecule has 0 spiro atoms. The summed E-state index contributed by atoms with van der Waals surface area (Å²) >= 11 is 1.75. The standard InChI is InChI=1S/C47H30N4S/c1-2-4-46-43(3-1)44-21-22-45(50-47(44)52-46)33-13-19-42(20-14-33)51(40-15-9-31(10-16-40)34-5-7-38-29-48-25-23-36(38)27-34)41-17-11-32(12-18-41)35-6-8-39-30-49-26-24-37(39)28-35/h1-30H. The van der Waals surface area contributed by atoms with Crippen molar-refractivity contribution in [3.05, 3.63) is 183 Å². The fourth-order valence-electron chi connectivity index (χ4n) is 7.13. The highest BCUT2D eigenvalue weighted by atomic mass is 32.1. The molecule has 0 aliphatic carbocycles. The number of hydrogen-bond donors (Lipinski definition) is 0. The summed E-state index contributed by atoms with van der Waals surface area (Å²) in [6, 6.07) is 56.5. The third-order valence-electron chi connectivity index (χ3n) is 9.86. The third kappa shape index (κ3) is 5.45. The summed E-state index contributed by atoms with van der Waals surface area (Å²) in [4.78, 5) is 17.0. The molecule has 0 aliphatic rings. The van der Waals surface area contributed by atoms with Crippen molar-refractivity contribution in [2.45, 2.75) is 0 Å². The quantitative estimate of drug-likeness (QED) is 0.175. The molecule has 4 heterocycles. The minimum atomic E-state index is 0.975. The lowest BCUT2D eigenvalue weighted by molar-refractivity contribution is 1.28. The van der Waals surface area contributed by atoms with E-state index in [1.165, 1.54) is 48.5 Å². The van der Waals surface area contributed by atoms with Gasteiger partial charge in [0.1, 0.15) is 4.83 Å². The first kappa shape index (κ1) is 30.2. The molecule has 52 heavy (non-hydrogen) atoms. The molecular formula is C47H30N4S. The van der Waals surface area contributed by atoms with Crippen LogP contribution in [0.15, 0.2) is 183 Å². The van der Waals surface area contributed by atoms with Crippen LogP contribution in [0.2, 0.25) is 0 Å². The van der Waals surface area contributed by atoms with Crippen LogP contribution < -0.4 is 4.90 Å². The summed E-state index contributed by atoms with van der Waals surface area (Å²) in [5.74, 6) is 0. The largest absolute Gasteiger partial charge is 0.311 e. The fraction of sp³-hybridized carbons (Fsp3) is 0. The summed E-state index contributed by atoms with van der Waals surface area (Å²) in [5, 5.41) is 7.12. The van der Waals surface area contributed by atoms with E-state index in [9.17, 15) is 0 Å². The Morgan fingerprint density at radius 2 is 0.923 bits per heavy atom. The van der Waals surface area contributed by atoms with Gasteiger partial charge in [0.15, 0.2) is 0 Å². The molecule has 4 aromatic heterocycles. The monoisotopic (exact) mass is 682 g/mol. The summed E-state index contributed by atoms with van der Waals surface area (Å²) in [6.45, 7) is 0. The molecule has 0 radical (unpaired) electrons. The second-order valence-corrected chi connectivity index (χ2v) is 14.0. The summed E-state index contributed by atoms with van der Waals surface area (Å²) in [6.07, 6.45) is 7.51. The lowest BCUT2D eigenvalue weighted by Crippen LogP contribution is -2.09.